The molecule has 2 amide bonds. The fourth-order valence-electron chi connectivity index (χ4n) is 3.17. The average Bonchev–Trinajstić information content (AvgIpc) is 2.63. The van der Waals surface area contributed by atoms with E-state index in [-0.39, 0.29) is 24.0 Å². The lowest BCUT2D eigenvalue weighted by Crippen LogP contribution is -2.38. The molecular formula is C18H30N2O3. The van der Waals surface area contributed by atoms with E-state index in [1.54, 1.807) is 4.90 Å². The van der Waals surface area contributed by atoms with Gasteiger partial charge in [-0.15, -0.1) is 0 Å². The van der Waals surface area contributed by atoms with Crippen LogP contribution >= 0.6 is 0 Å². The number of carbonyl (C=O) groups excluding carboxylic acids is 2. The van der Waals surface area contributed by atoms with Crippen molar-refractivity contribution in [3.05, 3.63) is 11.6 Å². The Hall–Kier alpha value is -1.52. The van der Waals surface area contributed by atoms with Gasteiger partial charge in [0.2, 0.25) is 5.91 Å². The van der Waals surface area contributed by atoms with Gasteiger partial charge < -0.3 is 14.5 Å². The SMILES string of the molecule is CC1CC=C2CCN(C(=O)OC(C)(C)C)CCC2CC(=O)N1C. The number of ether oxygens (including phenoxy) is 1. The first kappa shape index (κ1) is 17.8. The molecule has 2 aliphatic rings. The highest BCUT2D eigenvalue weighted by Crippen LogP contribution is 2.30. The second kappa shape index (κ2) is 6.93. The summed E-state index contributed by atoms with van der Waals surface area (Å²) in [6.07, 6.45) is 5.16. The molecule has 1 saturated heterocycles. The maximum absolute atomic E-state index is 12.3. The van der Waals surface area contributed by atoms with Crippen molar-refractivity contribution in [1.29, 1.82) is 0 Å². The molecule has 1 fully saturated rings. The maximum atomic E-state index is 12.3. The maximum Gasteiger partial charge on any atom is 0.410 e. The molecule has 2 aliphatic heterocycles. The first-order valence-corrected chi connectivity index (χ1v) is 8.60. The van der Waals surface area contributed by atoms with Crippen LogP contribution in [0, 0.1) is 5.92 Å². The summed E-state index contributed by atoms with van der Waals surface area (Å²) in [5, 5.41) is 0. The Balaban J connectivity index is 2.07. The van der Waals surface area contributed by atoms with E-state index < -0.39 is 5.60 Å². The average molecular weight is 322 g/mol. The molecule has 0 aromatic heterocycles. The van der Waals surface area contributed by atoms with E-state index in [0.717, 1.165) is 19.3 Å². The molecule has 0 aliphatic carbocycles. The van der Waals surface area contributed by atoms with Gasteiger partial charge in [-0.2, -0.15) is 0 Å². The number of fused-ring (bicyclic) bond motifs is 1. The molecule has 0 spiro atoms. The molecule has 0 radical (unpaired) electrons. The predicted molar refractivity (Wildman–Crippen MR) is 90.1 cm³/mol. The van der Waals surface area contributed by atoms with Crippen molar-refractivity contribution < 1.29 is 14.3 Å². The Morgan fingerprint density at radius 1 is 1.30 bits per heavy atom. The van der Waals surface area contributed by atoms with E-state index in [4.69, 9.17) is 4.74 Å². The highest BCUT2D eigenvalue weighted by molar-refractivity contribution is 5.77. The van der Waals surface area contributed by atoms with Crippen molar-refractivity contribution in [2.24, 2.45) is 5.92 Å². The van der Waals surface area contributed by atoms with Gasteiger partial charge in [0.25, 0.3) is 0 Å². The van der Waals surface area contributed by atoms with E-state index in [9.17, 15) is 9.59 Å². The summed E-state index contributed by atoms with van der Waals surface area (Å²) in [5.41, 5.74) is 0.864. The number of likely N-dealkylation sites (tertiary alicyclic amines) is 1. The molecular weight excluding hydrogens is 292 g/mol. The Kier molecular flexibility index (Phi) is 5.37. The third-order valence-corrected chi connectivity index (χ3v) is 4.79. The molecule has 0 aromatic carbocycles. The van der Waals surface area contributed by atoms with Crippen LogP contribution in [0.1, 0.15) is 53.4 Å². The van der Waals surface area contributed by atoms with Crippen LogP contribution in [-0.2, 0) is 9.53 Å². The van der Waals surface area contributed by atoms with Gasteiger partial charge in [-0.3, -0.25) is 4.79 Å². The van der Waals surface area contributed by atoms with E-state index in [0.29, 0.717) is 19.5 Å². The molecule has 5 nitrogen and oxygen atoms in total. The monoisotopic (exact) mass is 322 g/mol. The first-order valence-electron chi connectivity index (χ1n) is 8.60. The van der Waals surface area contributed by atoms with Gasteiger partial charge in [0.1, 0.15) is 5.60 Å². The summed E-state index contributed by atoms with van der Waals surface area (Å²) >= 11 is 0. The Morgan fingerprint density at radius 2 is 2.00 bits per heavy atom. The molecule has 23 heavy (non-hydrogen) atoms. The first-order chi connectivity index (χ1) is 10.7. The summed E-state index contributed by atoms with van der Waals surface area (Å²) in [6, 6.07) is 0.237. The second-order valence-corrected chi connectivity index (χ2v) is 7.78. The van der Waals surface area contributed by atoms with Crippen molar-refractivity contribution in [2.45, 2.75) is 65.0 Å². The van der Waals surface area contributed by atoms with Gasteiger partial charge in [0.05, 0.1) is 0 Å². The lowest BCUT2D eigenvalue weighted by Gasteiger charge is -2.30. The van der Waals surface area contributed by atoms with Crippen LogP contribution in [0.25, 0.3) is 0 Å². The standard InChI is InChI=1S/C18H30N2O3/c1-13-6-7-14-8-10-20(17(22)23-18(2,3)4)11-9-15(14)12-16(21)19(13)5/h7,13,15H,6,8-12H2,1-5H3. The smallest absolute Gasteiger partial charge is 0.410 e. The van der Waals surface area contributed by atoms with Crippen LogP contribution < -0.4 is 0 Å². The molecule has 2 unspecified atom stereocenters. The Labute approximate surface area is 139 Å². The number of nitrogens with zero attached hydrogens (tertiary/aromatic N) is 2. The van der Waals surface area contributed by atoms with Gasteiger partial charge in [0, 0.05) is 32.6 Å². The normalized spacial score (nSPS) is 26.7. The third kappa shape index (κ3) is 4.72. The number of hydrogen-bond donors (Lipinski definition) is 0. The van der Waals surface area contributed by atoms with Gasteiger partial charge in [-0.05, 0) is 52.9 Å². The molecule has 130 valence electrons. The second-order valence-electron chi connectivity index (χ2n) is 7.78. The van der Waals surface area contributed by atoms with E-state index in [1.165, 1.54) is 5.57 Å². The zero-order valence-corrected chi connectivity index (χ0v) is 15.1. The molecule has 2 heterocycles. The van der Waals surface area contributed by atoms with Gasteiger partial charge in [-0.25, -0.2) is 4.79 Å². The topological polar surface area (TPSA) is 49.9 Å². The minimum Gasteiger partial charge on any atom is -0.444 e. The van der Waals surface area contributed by atoms with Crippen molar-refractivity contribution in [1.82, 2.24) is 9.80 Å². The molecule has 0 saturated carbocycles. The van der Waals surface area contributed by atoms with Crippen LogP contribution in [0.3, 0.4) is 0 Å². The van der Waals surface area contributed by atoms with Crippen molar-refractivity contribution in [3.8, 4) is 0 Å². The molecule has 0 N–H and O–H groups in total. The number of carbonyl (C=O) groups is 2. The van der Waals surface area contributed by atoms with E-state index >= 15 is 0 Å². The Morgan fingerprint density at radius 3 is 2.65 bits per heavy atom. The van der Waals surface area contributed by atoms with Gasteiger partial charge in [-0.1, -0.05) is 11.6 Å². The van der Waals surface area contributed by atoms with E-state index in [1.807, 2.05) is 32.7 Å². The molecule has 2 rings (SSSR count). The predicted octanol–water partition coefficient (Wildman–Crippen LogP) is 3.20. The van der Waals surface area contributed by atoms with Crippen LogP contribution in [0.4, 0.5) is 4.79 Å². The van der Waals surface area contributed by atoms with E-state index in [2.05, 4.69) is 13.0 Å². The molecule has 5 heteroatoms. The summed E-state index contributed by atoms with van der Waals surface area (Å²) in [6.45, 7) is 9.07. The fourth-order valence-corrected chi connectivity index (χ4v) is 3.17. The summed E-state index contributed by atoms with van der Waals surface area (Å²) in [5.74, 6) is 0.462. The van der Waals surface area contributed by atoms with Crippen LogP contribution in [0.2, 0.25) is 0 Å². The summed E-state index contributed by atoms with van der Waals surface area (Å²) in [4.78, 5) is 28.3. The summed E-state index contributed by atoms with van der Waals surface area (Å²) in [7, 11) is 1.88. The van der Waals surface area contributed by atoms with Gasteiger partial charge in [0.15, 0.2) is 0 Å². The van der Waals surface area contributed by atoms with Crippen molar-refractivity contribution in [2.75, 3.05) is 20.1 Å². The van der Waals surface area contributed by atoms with Crippen LogP contribution in [-0.4, -0.2) is 53.6 Å². The fraction of sp³-hybridized carbons (Fsp3) is 0.778. The lowest BCUT2D eigenvalue weighted by atomic mass is 9.88. The highest BCUT2D eigenvalue weighted by Gasteiger charge is 2.30. The largest absolute Gasteiger partial charge is 0.444 e. The minimum atomic E-state index is -0.474. The molecule has 0 aromatic rings. The summed E-state index contributed by atoms with van der Waals surface area (Å²) < 4.78 is 5.48. The van der Waals surface area contributed by atoms with Crippen molar-refractivity contribution >= 4 is 12.0 Å². The van der Waals surface area contributed by atoms with Crippen LogP contribution in [0.15, 0.2) is 11.6 Å². The number of amides is 2. The molecule has 2 atom stereocenters. The van der Waals surface area contributed by atoms with Crippen molar-refractivity contribution in [3.63, 3.8) is 0 Å². The zero-order chi connectivity index (χ0) is 17.2. The number of hydrogen-bond acceptors (Lipinski definition) is 3. The quantitative estimate of drug-likeness (QED) is 0.644. The highest BCUT2D eigenvalue weighted by atomic mass is 16.6. The third-order valence-electron chi connectivity index (χ3n) is 4.79. The minimum absolute atomic E-state index is 0.207. The Bertz CT molecular complexity index is 493. The zero-order valence-electron chi connectivity index (χ0n) is 15.1. The molecule has 0 bridgehead atoms. The lowest BCUT2D eigenvalue weighted by molar-refractivity contribution is -0.132. The van der Waals surface area contributed by atoms with Crippen LogP contribution in [0.5, 0.6) is 0 Å². The van der Waals surface area contributed by atoms with Gasteiger partial charge >= 0.3 is 6.09 Å². The number of rotatable bonds is 0.